The van der Waals surface area contributed by atoms with E-state index in [-0.39, 0.29) is 19.3 Å². The van der Waals surface area contributed by atoms with Crippen molar-refractivity contribution in [2.45, 2.75) is 386 Å². The molecule has 0 aliphatic rings. The molecule has 119 heavy (non-hydrogen) atoms. The van der Waals surface area contributed by atoms with Gasteiger partial charge in [-0.2, -0.15) is 0 Å². The number of hydrogen-bond donors (Lipinski definition) is 4. The highest BCUT2D eigenvalue weighted by Gasteiger charge is 2.29. The Morgan fingerprint density at radius 1 is 0.244 bits per heavy atom. The van der Waals surface area contributed by atoms with Crippen LogP contribution in [0.15, 0.2) is 194 Å². The number of esters is 3. The summed E-state index contributed by atoms with van der Waals surface area (Å²) in [6.07, 6.45) is 122. The third-order valence-electron chi connectivity index (χ3n) is 19.3. The fourth-order valence-corrected chi connectivity index (χ4v) is 13.9. The number of phosphoric acid groups is 2. The summed E-state index contributed by atoms with van der Waals surface area (Å²) >= 11 is 0. The van der Waals surface area contributed by atoms with Crippen LogP contribution in [-0.4, -0.2) is 95.9 Å². The molecule has 0 bridgehead atoms. The standard InChI is InChI=1S/C101H168O16P2/c1-4-7-10-13-16-19-22-25-28-31-34-37-39-41-43-45-46-47-48-50-52-53-55-58-60-63-66-69-72-75-78-81-84-87-99(104)111-90-96(102)91-113-118(107,108)114-92-97(103)93-115-119(109,110)116-95-98(117-101(106)89-86-83-80-77-74-71-68-65-62-57-36-33-30-27-24-21-18-15-12-9-6-3)94-112-100(105)88-85-82-79-76-73-70-67-64-61-59-56-54-51-49-44-42-40-38-35-32-29-26-23-20-17-14-11-8-5-2/h8-9,11-12,16-21,25-30,34-38,41-44,51,54,57,65,68,74,77,96-98,102-103H,4-7,10,13-15,22-24,31-33,39-40,45-50,52-53,55-56,58-64,66-67,69-73,75-76,78-95H2,1-3H3,(H,107,108)(H,109,110)/b11-8-,12-9-,19-16-,20-17-,21-18-,28-25-,29-26-,30-27-,37-34-,38-35-,43-41-,44-42-,54-51-,57-36-,68-65-,77-74-. The second-order valence-corrected chi connectivity index (χ2v) is 33.6. The molecule has 0 radical (unpaired) electrons. The number of carbonyl (C=O) groups excluding carboxylic acids is 3. The summed E-state index contributed by atoms with van der Waals surface area (Å²) in [4.78, 5) is 59.0. The van der Waals surface area contributed by atoms with Gasteiger partial charge in [-0.1, -0.05) is 376 Å². The average molecular weight is 1700 g/mol. The van der Waals surface area contributed by atoms with Crippen molar-refractivity contribution < 1.29 is 75.8 Å². The fourth-order valence-electron chi connectivity index (χ4n) is 12.3. The number of hydrogen-bond acceptors (Lipinski definition) is 14. The van der Waals surface area contributed by atoms with Gasteiger partial charge in [0.1, 0.15) is 25.4 Å². The molecule has 4 N–H and O–H groups in total. The van der Waals surface area contributed by atoms with Crippen LogP contribution in [0.25, 0.3) is 0 Å². The molecule has 0 heterocycles. The molecule has 0 aromatic carbocycles. The maximum atomic E-state index is 13.0. The van der Waals surface area contributed by atoms with Crippen LogP contribution in [0.2, 0.25) is 0 Å². The summed E-state index contributed by atoms with van der Waals surface area (Å²) in [6, 6.07) is 0. The van der Waals surface area contributed by atoms with E-state index in [1.807, 2.05) is 0 Å². The topological polar surface area (TPSA) is 231 Å². The third kappa shape index (κ3) is 92.9. The van der Waals surface area contributed by atoms with Crippen molar-refractivity contribution in [3.63, 3.8) is 0 Å². The summed E-state index contributed by atoms with van der Waals surface area (Å²) < 4.78 is 61.4. The molecular weight excluding hydrogens is 1530 g/mol. The van der Waals surface area contributed by atoms with Crippen LogP contribution < -0.4 is 0 Å². The van der Waals surface area contributed by atoms with E-state index >= 15 is 0 Å². The Labute approximate surface area is 725 Å². The Morgan fingerprint density at radius 2 is 0.445 bits per heavy atom. The van der Waals surface area contributed by atoms with Gasteiger partial charge in [-0.05, 0) is 167 Å². The van der Waals surface area contributed by atoms with E-state index in [4.69, 9.17) is 32.3 Å². The lowest BCUT2D eigenvalue weighted by atomic mass is 10.0. The summed E-state index contributed by atoms with van der Waals surface area (Å²) in [6.45, 7) is 2.39. The van der Waals surface area contributed by atoms with Gasteiger partial charge in [0.2, 0.25) is 0 Å². The number of carbonyl (C=O) groups is 3. The highest BCUT2D eigenvalue weighted by Crippen LogP contribution is 2.45. The molecule has 18 heteroatoms. The Balaban J connectivity index is 4.61. The predicted molar refractivity (Wildman–Crippen MR) is 500 cm³/mol. The largest absolute Gasteiger partial charge is 0.472 e. The van der Waals surface area contributed by atoms with E-state index in [0.29, 0.717) is 25.7 Å². The molecule has 678 valence electrons. The molecule has 0 spiro atoms. The number of aliphatic hydroxyl groups excluding tert-OH is 2. The predicted octanol–water partition coefficient (Wildman–Crippen LogP) is 29.0. The Bertz CT molecular complexity index is 2940. The maximum Gasteiger partial charge on any atom is 0.472 e. The highest BCUT2D eigenvalue weighted by atomic mass is 31.2. The lowest BCUT2D eigenvalue weighted by molar-refractivity contribution is -0.161. The second-order valence-electron chi connectivity index (χ2n) is 30.7. The van der Waals surface area contributed by atoms with Crippen molar-refractivity contribution in [1.29, 1.82) is 0 Å². The molecule has 0 rings (SSSR count). The van der Waals surface area contributed by atoms with Gasteiger partial charge in [-0.3, -0.25) is 32.5 Å². The lowest BCUT2D eigenvalue weighted by Gasteiger charge is -2.21. The van der Waals surface area contributed by atoms with Crippen LogP contribution in [0.5, 0.6) is 0 Å². The monoisotopic (exact) mass is 1700 g/mol. The third-order valence-corrected chi connectivity index (χ3v) is 21.2. The summed E-state index contributed by atoms with van der Waals surface area (Å²) in [7, 11) is -9.83. The fraction of sp³-hybridized carbons (Fsp3) is 0.653. The minimum Gasteiger partial charge on any atom is -0.463 e. The zero-order chi connectivity index (χ0) is 86.5. The SMILES string of the molecule is CC/C=C\C/C=C\C/C=C\C/C=C\C/C=C\C/C=C\CCCCCCCCCCCCC(=O)OCC(COP(=O)(O)OCC(O)COP(=O)(O)OCC(O)COC(=O)CCCCCCCCCCCCCCCCCCC/C=C\C/C=C\C/C=C\C/C=C\CCCCC)OC(=O)CCCC/C=C\C/C=C\C/C=C\C/C=C\C/C=C\C/C=C\CC. The molecule has 0 saturated carbocycles. The van der Waals surface area contributed by atoms with E-state index in [2.05, 4.69) is 215 Å². The molecule has 0 fully saturated rings. The molecule has 0 aliphatic carbocycles. The van der Waals surface area contributed by atoms with Crippen molar-refractivity contribution in [2.75, 3.05) is 39.6 Å². The van der Waals surface area contributed by atoms with Crippen LogP contribution in [0.4, 0.5) is 0 Å². The number of rotatable bonds is 87. The zero-order valence-electron chi connectivity index (χ0n) is 74.7. The van der Waals surface area contributed by atoms with E-state index in [1.165, 1.54) is 148 Å². The summed E-state index contributed by atoms with van der Waals surface area (Å²) in [5.41, 5.74) is 0. The van der Waals surface area contributed by atoms with Gasteiger partial charge in [0.05, 0.1) is 26.4 Å². The van der Waals surface area contributed by atoms with Gasteiger partial charge in [0, 0.05) is 19.3 Å². The van der Waals surface area contributed by atoms with Gasteiger partial charge in [-0.15, -0.1) is 0 Å². The van der Waals surface area contributed by atoms with E-state index in [1.54, 1.807) is 0 Å². The van der Waals surface area contributed by atoms with Crippen LogP contribution in [0.3, 0.4) is 0 Å². The maximum absolute atomic E-state index is 13.0. The Hall–Kier alpha value is -5.61. The number of ether oxygens (including phenoxy) is 3. The van der Waals surface area contributed by atoms with Crippen molar-refractivity contribution in [3.05, 3.63) is 194 Å². The van der Waals surface area contributed by atoms with Crippen molar-refractivity contribution in [3.8, 4) is 0 Å². The molecule has 0 amide bonds. The van der Waals surface area contributed by atoms with E-state index in [0.717, 1.165) is 154 Å². The molecule has 16 nitrogen and oxygen atoms in total. The number of unbranched alkanes of at least 4 members (excludes halogenated alkanes) is 32. The molecule has 0 aromatic rings. The first-order chi connectivity index (χ1) is 58.2. The first kappa shape index (κ1) is 113. The first-order valence-corrected chi connectivity index (χ1v) is 49.7. The number of allylic oxidation sites excluding steroid dienone is 32. The zero-order valence-corrected chi connectivity index (χ0v) is 76.5. The summed E-state index contributed by atoms with van der Waals surface area (Å²) in [5, 5.41) is 20.7. The van der Waals surface area contributed by atoms with Crippen molar-refractivity contribution >= 4 is 33.6 Å². The number of phosphoric ester groups is 2. The first-order valence-electron chi connectivity index (χ1n) is 46.7. The van der Waals surface area contributed by atoms with Crippen LogP contribution >= 0.6 is 15.6 Å². The molecular formula is C101H168O16P2. The quantitative estimate of drug-likeness (QED) is 0.0146. The van der Waals surface area contributed by atoms with Crippen LogP contribution in [0, 0.1) is 0 Å². The van der Waals surface area contributed by atoms with E-state index in [9.17, 15) is 43.5 Å². The Morgan fingerprint density at radius 3 is 0.723 bits per heavy atom. The minimum atomic E-state index is -4.96. The van der Waals surface area contributed by atoms with Gasteiger partial charge >= 0.3 is 33.6 Å². The summed E-state index contributed by atoms with van der Waals surface area (Å²) in [5.74, 6) is -1.63. The molecule has 0 aliphatic heterocycles. The van der Waals surface area contributed by atoms with Gasteiger partial charge in [0.15, 0.2) is 6.10 Å². The van der Waals surface area contributed by atoms with E-state index < -0.39 is 91.5 Å². The van der Waals surface area contributed by atoms with Gasteiger partial charge in [0.25, 0.3) is 0 Å². The molecule has 0 aromatic heterocycles. The second kappa shape index (κ2) is 91.6. The number of aliphatic hydroxyl groups is 2. The lowest BCUT2D eigenvalue weighted by Crippen LogP contribution is -2.30. The van der Waals surface area contributed by atoms with Gasteiger partial charge < -0.3 is 34.2 Å². The minimum absolute atomic E-state index is 0.0418. The molecule has 5 unspecified atom stereocenters. The van der Waals surface area contributed by atoms with Crippen LogP contribution in [-0.2, 0) is 55.8 Å². The normalized spacial score (nSPS) is 14.6. The Kier molecular flexibility index (Phi) is 87.3. The van der Waals surface area contributed by atoms with Crippen molar-refractivity contribution in [1.82, 2.24) is 0 Å². The van der Waals surface area contributed by atoms with Crippen LogP contribution in [0.1, 0.15) is 367 Å². The highest BCUT2D eigenvalue weighted by molar-refractivity contribution is 7.47. The van der Waals surface area contributed by atoms with Crippen molar-refractivity contribution in [2.24, 2.45) is 0 Å². The average Bonchev–Trinajstić information content (AvgIpc) is 0.903. The smallest absolute Gasteiger partial charge is 0.463 e. The van der Waals surface area contributed by atoms with Gasteiger partial charge in [-0.25, -0.2) is 9.13 Å². The molecule has 5 atom stereocenters. The molecule has 0 saturated heterocycles.